The van der Waals surface area contributed by atoms with E-state index >= 15 is 0 Å². The van der Waals surface area contributed by atoms with Crippen molar-refractivity contribution in [2.45, 2.75) is 20.0 Å². The molecule has 2 aromatic heterocycles. The molecule has 3 rings (SSSR count). The number of nitrogens with zero attached hydrogens (tertiary/aromatic N) is 4. The number of imidazole rings is 1. The molecule has 0 aliphatic carbocycles. The van der Waals surface area contributed by atoms with Crippen LogP contribution >= 0.6 is 11.6 Å². The second-order valence-corrected chi connectivity index (χ2v) is 7.17. The first-order chi connectivity index (χ1) is 15.1. The maximum atomic E-state index is 12.6. The molecule has 3 aromatic rings. The van der Waals surface area contributed by atoms with E-state index in [1.54, 1.807) is 18.2 Å². The lowest BCUT2D eigenvalue weighted by molar-refractivity contribution is -0.654. The number of halogens is 2. The van der Waals surface area contributed by atoms with E-state index in [1.165, 1.54) is 0 Å². The van der Waals surface area contributed by atoms with Crippen molar-refractivity contribution in [2.75, 3.05) is 18.0 Å². The number of amides is 2. The van der Waals surface area contributed by atoms with Crippen molar-refractivity contribution in [3.05, 3.63) is 40.4 Å². The highest BCUT2D eigenvalue weighted by Crippen LogP contribution is 2.19. The Morgan fingerprint density at radius 3 is 2.48 bits per heavy atom. The fourth-order valence-electron chi connectivity index (χ4n) is 3.30. The summed E-state index contributed by atoms with van der Waals surface area (Å²) in [5, 5.41) is 13.7. The number of anilines is 2. The SMILES string of the molecule is CCn1c(CNC(=O)c2nc(Cl)c(N)nc2N)[n+](C)c2ccc(C(=O)NCC(=O)O)cc21.[I-]. The second kappa shape index (κ2) is 10.6. The number of fused-ring (bicyclic) bond motifs is 1. The summed E-state index contributed by atoms with van der Waals surface area (Å²) in [4.78, 5) is 43.2. The van der Waals surface area contributed by atoms with Crippen molar-refractivity contribution in [1.82, 2.24) is 25.2 Å². The van der Waals surface area contributed by atoms with Crippen LogP contribution in [0.15, 0.2) is 18.2 Å². The van der Waals surface area contributed by atoms with E-state index in [-0.39, 0.29) is 53.0 Å². The number of hydrogen-bond acceptors (Lipinski definition) is 7. The Kier molecular flexibility index (Phi) is 8.38. The zero-order valence-corrected chi connectivity index (χ0v) is 20.6. The molecule has 0 spiro atoms. The van der Waals surface area contributed by atoms with Crippen LogP contribution in [-0.2, 0) is 24.9 Å². The maximum Gasteiger partial charge on any atom is 0.322 e. The van der Waals surface area contributed by atoms with Gasteiger partial charge in [0.15, 0.2) is 33.5 Å². The second-order valence-electron chi connectivity index (χ2n) is 6.82. The minimum Gasteiger partial charge on any atom is -1.00 e. The zero-order valence-electron chi connectivity index (χ0n) is 17.7. The summed E-state index contributed by atoms with van der Waals surface area (Å²) >= 11 is 5.85. The Morgan fingerprint density at radius 2 is 1.85 bits per heavy atom. The van der Waals surface area contributed by atoms with Gasteiger partial charge in [-0.15, -0.1) is 0 Å². The number of aliphatic carboxylic acids is 1. The minimum absolute atomic E-state index is 0. The molecule has 14 heteroatoms. The van der Waals surface area contributed by atoms with Crippen molar-refractivity contribution in [3.8, 4) is 0 Å². The fraction of sp³-hybridized carbons (Fsp3) is 0.263. The predicted molar refractivity (Wildman–Crippen MR) is 116 cm³/mol. The fourth-order valence-corrected chi connectivity index (χ4v) is 3.43. The molecule has 0 aliphatic heterocycles. The third-order valence-corrected chi connectivity index (χ3v) is 5.11. The van der Waals surface area contributed by atoms with Crippen molar-refractivity contribution in [2.24, 2.45) is 7.05 Å². The monoisotopic (exact) mass is 588 g/mol. The van der Waals surface area contributed by atoms with E-state index in [1.807, 2.05) is 23.1 Å². The summed E-state index contributed by atoms with van der Waals surface area (Å²) in [7, 11) is 1.83. The number of nitrogens with two attached hydrogens (primary N) is 2. The minimum atomic E-state index is -1.13. The van der Waals surface area contributed by atoms with Crippen LogP contribution in [0.1, 0.15) is 33.6 Å². The van der Waals surface area contributed by atoms with Gasteiger partial charge in [-0.1, -0.05) is 11.6 Å². The van der Waals surface area contributed by atoms with Gasteiger partial charge in [0.25, 0.3) is 17.6 Å². The van der Waals surface area contributed by atoms with Crippen molar-refractivity contribution >= 4 is 52.1 Å². The average Bonchev–Trinajstić information content (AvgIpc) is 3.03. The molecule has 2 heterocycles. The number of rotatable bonds is 7. The van der Waals surface area contributed by atoms with Gasteiger partial charge in [0.1, 0.15) is 13.1 Å². The first-order valence-corrected chi connectivity index (χ1v) is 9.89. The molecule has 1 aromatic carbocycles. The molecule has 0 radical (unpaired) electrons. The highest BCUT2D eigenvalue weighted by molar-refractivity contribution is 6.31. The lowest BCUT2D eigenvalue weighted by atomic mass is 10.2. The Morgan fingerprint density at radius 1 is 1.15 bits per heavy atom. The number of carbonyl (C=O) groups is 3. The number of hydrogen-bond donors (Lipinski definition) is 5. The zero-order chi connectivity index (χ0) is 23.6. The average molecular weight is 589 g/mol. The number of nitrogen functional groups attached to an aromatic ring is 2. The number of aryl methyl sites for hydroxylation is 2. The summed E-state index contributed by atoms with van der Waals surface area (Å²) in [6.45, 7) is 2.13. The molecule has 0 bridgehead atoms. The van der Waals surface area contributed by atoms with Gasteiger partial charge in [-0.25, -0.2) is 19.1 Å². The van der Waals surface area contributed by atoms with Crippen molar-refractivity contribution in [1.29, 1.82) is 0 Å². The van der Waals surface area contributed by atoms with Crippen LogP contribution in [-0.4, -0.2) is 44.0 Å². The third-order valence-electron chi connectivity index (χ3n) is 4.83. The molecule has 0 atom stereocenters. The van der Waals surface area contributed by atoms with Gasteiger partial charge in [0, 0.05) is 11.6 Å². The van der Waals surface area contributed by atoms with Crippen LogP contribution in [0, 0.1) is 0 Å². The number of aromatic nitrogens is 4. The van der Waals surface area contributed by atoms with E-state index in [4.69, 9.17) is 28.2 Å². The van der Waals surface area contributed by atoms with Gasteiger partial charge >= 0.3 is 5.97 Å². The molecule has 33 heavy (non-hydrogen) atoms. The maximum absolute atomic E-state index is 12.6. The van der Waals surface area contributed by atoms with Gasteiger partial charge < -0.3 is 51.2 Å². The Bertz CT molecular complexity index is 1250. The lowest BCUT2D eigenvalue weighted by Crippen LogP contribution is -3.00. The summed E-state index contributed by atoms with van der Waals surface area (Å²) in [5.41, 5.74) is 13.0. The van der Waals surface area contributed by atoms with Crippen LogP contribution in [0.25, 0.3) is 11.0 Å². The Labute approximate surface area is 210 Å². The van der Waals surface area contributed by atoms with E-state index in [0.717, 1.165) is 16.9 Å². The Hall–Kier alpha value is -3.20. The third kappa shape index (κ3) is 5.42. The normalized spacial score (nSPS) is 10.5. The Balaban J connectivity index is 0.00000385. The van der Waals surface area contributed by atoms with Crippen LogP contribution in [0.5, 0.6) is 0 Å². The smallest absolute Gasteiger partial charge is 0.322 e. The topological polar surface area (TPSA) is 182 Å². The first kappa shape index (κ1) is 26.1. The standard InChI is InChI=1S/C19H21ClN8O4.HI/c1-3-28-11-6-9(18(31)24-8-13(29)30)4-5-10(11)27(2)12(28)7-23-19(32)14-16(21)26-17(22)15(20)25-14;/h4-6H,3,7-8H2,1-2H3,(H6-,21,22,23,24,26,29,30,31,32);1H. The number of carbonyl (C=O) groups excluding carboxylic acids is 2. The summed E-state index contributed by atoms with van der Waals surface area (Å²) < 4.78 is 3.80. The summed E-state index contributed by atoms with van der Waals surface area (Å²) in [6, 6.07) is 5.03. The highest BCUT2D eigenvalue weighted by atomic mass is 127. The molecule has 176 valence electrons. The van der Waals surface area contributed by atoms with Gasteiger partial charge in [0.2, 0.25) is 0 Å². The van der Waals surface area contributed by atoms with Crippen LogP contribution in [0.4, 0.5) is 11.6 Å². The molecule has 12 nitrogen and oxygen atoms in total. The van der Waals surface area contributed by atoms with Gasteiger partial charge in [-0.3, -0.25) is 14.4 Å². The van der Waals surface area contributed by atoms with Gasteiger partial charge in [-0.05, 0) is 19.1 Å². The van der Waals surface area contributed by atoms with E-state index in [9.17, 15) is 14.4 Å². The van der Waals surface area contributed by atoms with E-state index in [0.29, 0.717) is 12.1 Å². The largest absolute Gasteiger partial charge is 1.00 e. The van der Waals surface area contributed by atoms with Gasteiger partial charge in [0.05, 0.1) is 13.6 Å². The number of nitrogens with one attached hydrogen (secondary N) is 2. The van der Waals surface area contributed by atoms with Crippen molar-refractivity contribution < 1.29 is 48.0 Å². The van der Waals surface area contributed by atoms with E-state index in [2.05, 4.69) is 20.6 Å². The molecule has 0 saturated carbocycles. The quantitative estimate of drug-likeness (QED) is 0.142. The first-order valence-electron chi connectivity index (χ1n) is 9.51. The highest BCUT2D eigenvalue weighted by Gasteiger charge is 2.24. The summed E-state index contributed by atoms with van der Waals surface area (Å²) in [5.74, 6) is -1.66. The molecule has 2 amide bonds. The number of benzene rings is 1. The predicted octanol–water partition coefficient (Wildman–Crippen LogP) is -3.16. The van der Waals surface area contributed by atoms with Crippen LogP contribution < -0.4 is 50.6 Å². The van der Waals surface area contributed by atoms with E-state index < -0.39 is 24.3 Å². The van der Waals surface area contributed by atoms with Crippen LogP contribution in [0.3, 0.4) is 0 Å². The molecular weight excluding hydrogens is 567 g/mol. The van der Waals surface area contributed by atoms with Gasteiger partial charge in [-0.2, -0.15) is 0 Å². The molecule has 0 saturated heterocycles. The molecule has 0 unspecified atom stereocenters. The molecular formula is C19H22ClIN8O4. The van der Waals surface area contributed by atoms with Crippen LogP contribution in [0.2, 0.25) is 5.15 Å². The lowest BCUT2D eigenvalue weighted by Gasteiger charge is -2.07. The number of carboxylic acids is 1. The molecule has 7 N–H and O–H groups in total. The van der Waals surface area contributed by atoms with Crippen molar-refractivity contribution in [3.63, 3.8) is 0 Å². The molecule has 0 aliphatic rings. The molecule has 0 fully saturated rings. The number of carboxylic acid groups (broad SMARTS) is 1. The summed E-state index contributed by atoms with van der Waals surface area (Å²) in [6.07, 6.45) is 0.